The van der Waals surface area contributed by atoms with Crippen molar-refractivity contribution in [3.05, 3.63) is 48.0 Å². The highest BCUT2D eigenvalue weighted by Crippen LogP contribution is 2.57. The molecule has 33 heavy (non-hydrogen) atoms. The number of Topliss-reactive ketones (excluding diaryl/α,β-unsaturated/α-hetero) is 1. The molecule has 0 amide bonds. The molecule has 3 unspecified atom stereocenters. The van der Waals surface area contributed by atoms with Gasteiger partial charge in [-0.05, 0) is 56.4 Å². The molecule has 1 aromatic rings. The third-order valence-electron chi connectivity index (χ3n) is 6.17. The summed E-state index contributed by atoms with van der Waals surface area (Å²) in [5, 5.41) is 0. The molecule has 0 radical (unpaired) electrons. The summed E-state index contributed by atoms with van der Waals surface area (Å²) in [4.78, 5) is 24.0. The van der Waals surface area contributed by atoms with Gasteiger partial charge in [0, 0.05) is 11.6 Å². The molecule has 6 heteroatoms. The Hall–Kier alpha value is -2.02. The van der Waals surface area contributed by atoms with E-state index in [1.54, 1.807) is 20.8 Å². The van der Waals surface area contributed by atoms with Gasteiger partial charge in [-0.25, -0.2) is 4.79 Å². The van der Waals surface area contributed by atoms with Crippen LogP contribution in [-0.2, 0) is 29.2 Å². The Labute approximate surface area is 198 Å². The summed E-state index contributed by atoms with van der Waals surface area (Å²) in [5.41, 5.74) is 1.21. The number of hydrogen-bond acceptors (Lipinski definition) is 6. The van der Waals surface area contributed by atoms with Gasteiger partial charge < -0.3 is 18.9 Å². The van der Waals surface area contributed by atoms with E-state index in [1.165, 1.54) is 18.4 Å². The van der Waals surface area contributed by atoms with E-state index in [2.05, 4.69) is 39.5 Å². The first-order valence-electron chi connectivity index (χ1n) is 11.8. The van der Waals surface area contributed by atoms with Gasteiger partial charge in [-0.15, -0.1) is 0 Å². The second kappa shape index (κ2) is 11.9. The normalized spacial score (nSPS) is 21.0. The van der Waals surface area contributed by atoms with Crippen LogP contribution in [0.5, 0.6) is 0 Å². The van der Waals surface area contributed by atoms with Crippen molar-refractivity contribution < 1.29 is 28.5 Å². The summed E-state index contributed by atoms with van der Waals surface area (Å²) in [7, 11) is 0. The average Bonchev–Trinajstić information content (AvgIpc) is 3.41. The number of rotatable bonds is 15. The molecule has 1 aliphatic carbocycles. The van der Waals surface area contributed by atoms with Crippen LogP contribution in [0.2, 0.25) is 0 Å². The minimum absolute atomic E-state index is 0.0773. The Morgan fingerprint density at radius 3 is 2.27 bits per heavy atom. The van der Waals surface area contributed by atoms with E-state index >= 15 is 0 Å². The standard InChI is InChI=1S/C27H40O6/c1-8-24(28)32-16-14-30-13-15-31-21(5)33-26(6,7)25(29)22-9-11-23(12-10-22)27(17-19(2)3)18-20(27)4/h8-12,19-21H,1,13-18H2,2-7H3. The molecule has 0 saturated heterocycles. The highest BCUT2D eigenvalue weighted by molar-refractivity contribution is 6.02. The number of ether oxygens (including phenoxy) is 4. The van der Waals surface area contributed by atoms with Gasteiger partial charge in [0.2, 0.25) is 0 Å². The topological polar surface area (TPSA) is 71.1 Å². The Bertz CT molecular complexity index is 797. The van der Waals surface area contributed by atoms with Gasteiger partial charge in [0.15, 0.2) is 12.1 Å². The van der Waals surface area contributed by atoms with Crippen molar-refractivity contribution in [2.24, 2.45) is 11.8 Å². The van der Waals surface area contributed by atoms with Crippen molar-refractivity contribution in [2.75, 3.05) is 26.4 Å². The van der Waals surface area contributed by atoms with Crippen LogP contribution in [0.25, 0.3) is 0 Å². The predicted octanol–water partition coefficient (Wildman–Crippen LogP) is 5.10. The summed E-state index contributed by atoms with van der Waals surface area (Å²) in [6.45, 7) is 16.5. The minimum Gasteiger partial charge on any atom is -0.460 e. The van der Waals surface area contributed by atoms with Gasteiger partial charge in [0.25, 0.3) is 0 Å². The van der Waals surface area contributed by atoms with Crippen molar-refractivity contribution in [2.45, 2.75) is 71.7 Å². The molecule has 184 valence electrons. The van der Waals surface area contributed by atoms with Gasteiger partial charge in [-0.3, -0.25) is 4.79 Å². The summed E-state index contributed by atoms with van der Waals surface area (Å²) >= 11 is 0. The second-order valence-corrected chi connectivity index (χ2v) is 9.82. The molecule has 0 spiro atoms. The number of carbonyl (C=O) groups excluding carboxylic acids is 2. The number of benzene rings is 1. The maximum absolute atomic E-state index is 13.1. The van der Waals surface area contributed by atoms with E-state index in [4.69, 9.17) is 18.9 Å². The zero-order chi connectivity index (χ0) is 24.6. The van der Waals surface area contributed by atoms with Gasteiger partial charge in [-0.2, -0.15) is 0 Å². The van der Waals surface area contributed by atoms with E-state index in [0.29, 0.717) is 30.6 Å². The zero-order valence-electron chi connectivity index (χ0n) is 21.0. The first-order valence-corrected chi connectivity index (χ1v) is 11.8. The molecule has 6 nitrogen and oxygen atoms in total. The Morgan fingerprint density at radius 2 is 1.73 bits per heavy atom. The molecule has 1 aliphatic rings. The number of ketones is 1. The lowest BCUT2D eigenvalue weighted by molar-refractivity contribution is -0.180. The maximum atomic E-state index is 13.1. The molecule has 1 fully saturated rings. The molecular weight excluding hydrogens is 420 g/mol. The Kier molecular flexibility index (Phi) is 9.83. The van der Waals surface area contributed by atoms with Crippen molar-refractivity contribution in [1.82, 2.24) is 0 Å². The van der Waals surface area contributed by atoms with E-state index in [-0.39, 0.29) is 24.4 Å². The number of carbonyl (C=O) groups is 2. The molecular formula is C27H40O6. The van der Waals surface area contributed by atoms with Crippen molar-refractivity contribution in [1.29, 1.82) is 0 Å². The van der Waals surface area contributed by atoms with Crippen LogP contribution in [0, 0.1) is 11.8 Å². The van der Waals surface area contributed by atoms with Crippen LogP contribution >= 0.6 is 0 Å². The summed E-state index contributed by atoms with van der Waals surface area (Å²) in [6.07, 6.45) is 2.92. The molecule has 0 bridgehead atoms. The first-order chi connectivity index (χ1) is 15.5. The molecule has 1 aromatic carbocycles. The first kappa shape index (κ1) is 27.2. The maximum Gasteiger partial charge on any atom is 0.330 e. The van der Waals surface area contributed by atoms with Crippen LogP contribution in [-0.4, -0.2) is 50.1 Å². The lowest BCUT2D eigenvalue weighted by Crippen LogP contribution is -2.39. The molecule has 0 heterocycles. The highest BCUT2D eigenvalue weighted by atomic mass is 16.7. The van der Waals surface area contributed by atoms with Crippen molar-refractivity contribution >= 4 is 11.8 Å². The van der Waals surface area contributed by atoms with Crippen LogP contribution < -0.4 is 0 Å². The van der Waals surface area contributed by atoms with Gasteiger partial charge in [0.05, 0.1) is 19.8 Å². The monoisotopic (exact) mass is 460 g/mol. The third kappa shape index (κ3) is 7.76. The molecule has 0 N–H and O–H groups in total. The Morgan fingerprint density at radius 1 is 1.12 bits per heavy atom. The summed E-state index contributed by atoms with van der Waals surface area (Å²) < 4.78 is 21.7. The van der Waals surface area contributed by atoms with Crippen LogP contribution in [0.1, 0.15) is 70.3 Å². The van der Waals surface area contributed by atoms with E-state index < -0.39 is 17.9 Å². The van der Waals surface area contributed by atoms with Crippen molar-refractivity contribution in [3.63, 3.8) is 0 Å². The van der Waals surface area contributed by atoms with Crippen LogP contribution in [0.15, 0.2) is 36.9 Å². The fourth-order valence-electron chi connectivity index (χ4n) is 4.46. The largest absolute Gasteiger partial charge is 0.460 e. The fraction of sp³-hybridized carbons (Fsp3) is 0.630. The SMILES string of the molecule is C=CC(=O)OCCOCCOC(C)OC(C)(C)C(=O)c1ccc(C2(CC(C)C)CC2C)cc1. The Balaban J connectivity index is 1.80. The van der Waals surface area contributed by atoms with Gasteiger partial charge in [0.1, 0.15) is 12.2 Å². The lowest BCUT2D eigenvalue weighted by Gasteiger charge is -2.28. The van der Waals surface area contributed by atoms with Crippen LogP contribution in [0.3, 0.4) is 0 Å². The smallest absolute Gasteiger partial charge is 0.330 e. The molecule has 0 aromatic heterocycles. The predicted molar refractivity (Wildman–Crippen MR) is 128 cm³/mol. The molecule has 1 saturated carbocycles. The number of hydrogen-bond donors (Lipinski definition) is 0. The quantitative estimate of drug-likeness (QED) is 0.119. The fourth-order valence-corrected chi connectivity index (χ4v) is 4.46. The number of esters is 1. The minimum atomic E-state index is -1.02. The molecule has 0 aliphatic heterocycles. The van der Waals surface area contributed by atoms with Gasteiger partial charge >= 0.3 is 5.97 Å². The third-order valence-corrected chi connectivity index (χ3v) is 6.17. The lowest BCUT2D eigenvalue weighted by atomic mass is 9.84. The van der Waals surface area contributed by atoms with Gasteiger partial charge in [-0.1, -0.05) is 51.6 Å². The zero-order valence-corrected chi connectivity index (χ0v) is 21.0. The highest BCUT2D eigenvalue weighted by Gasteiger charge is 2.52. The molecule has 3 atom stereocenters. The van der Waals surface area contributed by atoms with E-state index in [1.807, 2.05) is 12.1 Å². The van der Waals surface area contributed by atoms with Crippen molar-refractivity contribution in [3.8, 4) is 0 Å². The van der Waals surface area contributed by atoms with E-state index in [0.717, 1.165) is 6.08 Å². The summed E-state index contributed by atoms with van der Waals surface area (Å²) in [6, 6.07) is 8.07. The van der Waals surface area contributed by atoms with E-state index in [9.17, 15) is 9.59 Å². The average molecular weight is 461 g/mol. The second-order valence-electron chi connectivity index (χ2n) is 9.82. The van der Waals surface area contributed by atoms with Crippen LogP contribution in [0.4, 0.5) is 0 Å². The summed E-state index contributed by atoms with van der Waals surface area (Å²) in [5.74, 6) is 0.776. The molecule has 2 rings (SSSR count).